The lowest BCUT2D eigenvalue weighted by molar-refractivity contribution is -0.121. The van der Waals surface area contributed by atoms with E-state index in [1.54, 1.807) is 0 Å². The summed E-state index contributed by atoms with van der Waals surface area (Å²) in [5.41, 5.74) is 4.92. The van der Waals surface area contributed by atoms with Crippen molar-refractivity contribution in [1.82, 2.24) is 15.2 Å². The molecule has 2 aromatic carbocycles. The Balaban J connectivity index is 1.30. The van der Waals surface area contributed by atoms with Crippen LogP contribution in [0.2, 0.25) is 0 Å². The minimum atomic E-state index is 0.0673. The van der Waals surface area contributed by atoms with Gasteiger partial charge in [-0.05, 0) is 72.4 Å². The highest BCUT2D eigenvalue weighted by atomic mass is 16.1. The van der Waals surface area contributed by atoms with Crippen LogP contribution < -0.4 is 10.6 Å². The van der Waals surface area contributed by atoms with Crippen molar-refractivity contribution >= 4 is 16.8 Å². The van der Waals surface area contributed by atoms with Crippen molar-refractivity contribution in [2.45, 2.75) is 64.8 Å². The first-order chi connectivity index (χ1) is 16.2. The molecule has 0 unspecified atom stereocenters. The van der Waals surface area contributed by atoms with Crippen LogP contribution in [-0.2, 0) is 17.8 Å². The van der Waals surface area contributed by atoms with E-state index in [1.807, 2.05) is 6.20 Å². The summed E-state index contributed by atoms with van der Waals surface area (Å²) >= 11 is 0. The molecule has 0 saturated heterocycles. The lowest BCUT2D eigenvalue weighted by Crippen LogP contribution is -2.35. The van der Waals surface area contributed by atoms with Gasteiger partial charge in [-0.1, -0.05) is 69.0 Å². The van der Waals surface area contributed by atoms with Gasteiger partial charge in [-0.25, -0.2) is 0 Å². The molecule has 1 fully saturated rings. The van der Waals surface area contributed by atoms with E-state index in [0.717, 1.165) is 30.9 Å². The molecule has 4 heteroatoms. The molecule has 0 aliphatic heterocycles. The van der Waals surface area contributed by atoms with Crippen LogP contribution in [-0.4, -0.2) is 30.1 Å². The van der Waals surface area contributed by atoms with Gasteiger partial charge in [0.05, 0.1) is 0 Å². The highest BCUT2D eigenvalue weighted by Crippen LogP contribution is 2.26. The van der Waals surface area contributed by atoms with Gasteiger partial charge in [0.2, 0.25) is 5.91 Å². The van der Waals surface area contributed by atoms with E-state index < -0.39 is 0 Å². The number of hydrogen-bond acceptors (Lipinski definition) is 2. The molecule has 176 valence electrons. The fraction of sp³-hybridized carbons (Fsp3) is 0.483. The lowest BCUT2D eigenvalue weighted by atomic mass is 9.89. The number of amides is 1. The summed E-state index contributed by atoms with van der Waals surface area (Å²) in [4.78, 5) is 12.5. The van der Waals surface area contributed by atoms with Crippen molar-refractivity contribution < 1.29 is 4.79 Å². The molecule has 0 spiro atoms. The fourth-order valence-corrected chi connectivity index (χ4v) is 4.94. The van der Waals surface area contributed by atoms with Crippen molar-refractivity contribution in [1.29, 1.82) is 0 Å². The molecule has 0 bridgehead atoms. The summed E-state index contributed by atoms with van der Waals surface area (Å²) in [5, 5.41) is 7.76. The van der Waals surface area contributed by atoms with Crippen molar-refractivity contribution in [3.05, 3.63) is 60.3 Å². The molecule has 1 aliphatic rings. The zero-order chi connectivity index (χ0) is 22.9. The maximum Gasteiger partial charge on any atom is 0.239 e. The number of unbranched alkanes of at least 4 members (excludes halogenated alkanes) is 1. The second kappa shape index (κ2) is 12.0. The largest absolute Gasteiger partial charge is 0.353 e. The standard InChI is InChI=1S/C29H39N3O/c1-2-3-7-23-10-12-25(13-11-23)27-15-14-26-16-19-32(28(26)20-27)22-29(33)31-18-17-30-21-24-8-5-4-6-9-24/h10-16,19-20,24,30H,2-9,17-18,21-22H2,1H3,(H,31,33). The lowest BCUT2D eigenvalue weighted by Gasteiger charge is -2.21. The van der Waals surface area contributed by atoms with Crippen LogP contribution >= 0.6 is 0 Å². The number of nitrogens with zero attached hydrogens (tertiary/aromatic N) is 1. The smallest absolute Gasteiger partial charge is 0.239 e. The van der Waals surface area contributed by atoms with Gasteiger partial charge in [0.25, 0.3) is 0 Å². The topological polar surface area (TPSA) is 46.1 Å². The summed E-state index contributed by atoms with van der Waals surface area (Å²) in [7, 11) is 0. The zero-order valence-corrected chi connectivity index (χ0v) is 20.1. The van der Waals surface area contributed by atoms with Crippen LogP contribution in [0.4, 0.5) is 0 Å². The van der Waals surface area contributed by atoms with E-state index >= 15 is 0 Å². The number of nitrogens with one attached hydrogen (secondary N) is 2. The molecule has 0 radical (unpaired) electrons. The van der Waals surface area contributed by atoms with Crippen molar-refractivity contribution in [3.8, 4) is 11.1 Å². The summed E-state index contributed by atoms with van der Waals surface area (Å²) in [6.07, 6.45) is 12.5. The molecule has 1 amide bonds. The Hall–Kier alpha value is -2.59. The quantitative estimate of drug-likeness (QED) is 0.359. The van der Waals surface area contributed by atoms with Crippen LogP contribution in [0, 0.1) is 5.92 Å². The highest BCUT2D eigenvalue weighted by molar-refractivity contribution is 5.87. The maximum atomic E-state index is 12.5. The molecule has 1 aliphatic carbocycles. The van der Waals surface area contributed by atoms with Crippen molar-refractivity contribution in [2.24, 2.45) is 5.92 Å². The van der Waals surface area contributed by atoms with E-state index in [9.17, 15) is 4.79 Å². The average molecular weight is 446 g/mol. The van der Waals surface area contributed by atoms with Gasteiger partial charge in [0, 0.05) is 24.8 Å². The molecule has 4 rings (SSSR count). The molecule has 0 atom stereocenters. The van der Waals surface area contributed by atoms with Crippen molar-refractivity contribution in [3.63, 3.8) is 0 Å². The Morgan fingerprint density at radius 1 is 0.970 bits per heavy atom. The number of carbonyl (C=O) groups excluding carboxylic acids is 1. The monoisotopic (exact) mass is 445 g/mol. The van der Waals surface area contributed by atoms with E-state index in [2.05, 4.69) is 70.7 Å². The molecular formula is C29H39N3O. The summed E-state index contributed by atoms with van der Waals surface area (Å²) in [6.45, 7) is 5.19. The van der Waals surface area contributed by atoms with Gasteiger partial charge in [-0.2, -0.15) is 0 Å². The minimum Gasteiger partial charge on any atom is -0.353 e. The number of aromatic nitrogens is 1. The van der Waals surface area contributed by atoms with Crippen LogP contribution in [0.3, 0.4) is 0 Å². The number of aryl methyl sites for hydroxylation is 1. The second-order valence-electron chi connectivity index (χ2n) is 9.58. The van der Waals surface area contributed by atoms with E-state index in [1.165, 1.54) is 67.0 Å². The van der Waals surface area contributed by atoms with Crippen LogP contribution in [0.25, 0.3) is 22.0 Å². The Morgan fingerprint density at radius 2 is 1.76 bits per heavy atom. The third kappa shape index (κ3) is 6.70. The first kappa shape index (κ1) is 23.6. The first-order valence-corrected chi connectivity index (χ1v) is 12.9. The van der Waals surface area contributed by atoms with Gasteiger partial charge in [-0.15, -0.1) is 0 Å². The van der Waals surface area contributed by atoms with Crippen LogP contribution in [0.15, 0.2) is 54.7 Å². The van der Waals surface area contributed by atoms with Gasteiger partial charge in [0.1, 0.15) is 6.54 Å². The average Bonchev–Trinajstić information content (AvgIpc) is 3.25. The van der Waals surface area contributed by atoms with Gasteiger partial charge in [-0.3, -0.25) is 4.79 Å². The number of fused-ring (bicyclic) bond motifs is 1. The number of benzene rings is 2. The Labute approximate surface area is 198 Å². The van der Waals surface area contributed by atoms with E-state index in [4.69, 9.17) is 0 Å². The highest BCUT2D eigenvalue weighted by Gasteiger charge is 2.12. The van der Waals surface area contributed by atoms with E-state index in [-0.39, 0.29) is 5.91 Å². The fourth-order valence-electron chi connectivity index (χ4n) is 4.94. The third-order valence-corrected chi connectivity index (χ3v) is 6.98. The maximum absolute atomic E-state index is 12.5. The molecule has 3 aromatic rings. The second-order valence-corrected chi connectivity index (χ2v) is 9.58. The predicted octanol–water partition coefficient (Wildman–Crippen LogP) is 5.94. The normalized spacial score (nSPS) is 14.6. The summed E-state index contributed by atoms with van der Waals surface area (Å²) in [5.74, 6) is 0.889. The molecule has 4 nitrogen and oxygen atoms in total. The first-order valence-electron chi connectivity index (χ1n) is 12.9. The Morgan fingerprint density at radius 3 is 2.55 bits per heavy atom. The Bertz CT molecular complexity index is 1020. The van der Waals surface area contributed by atoms with Crippen LogP contribution in [0.1, 0.15) is 57.4 Å². The number of carbonyl (C=O) groups is 1. The predicted molar refractivity (Wildman–Crippen MR) is 138 cm³/mol. The molecule has 2 N–H and O–H groups in total. The number of rotatable bonds is 11. The van der Waals surface area contributed by atoms with Gasteiger partial charge < -0.3 is 15.2 Å². The molecule has 1 heterocycles. The zero-order valence-electron chi connectivity index (χ0n) is 20.1. The summed E-state index contributed by atoms with van der Waals surface area (Å²) in [6, 6.07) is 17.5. The van der Waals surface area contributed by atoms with E-state index in [0.29, 0.717) is 13.1 Å². The number of hydrogen-bond donors (Lipinski definition) is 2. The van der Waals surface area contributed by atoms with Gasteiger partial charge in [0.15, 0.2) is 0 Å². The molecule has 1 aromatic heterocycles. The SMILES string of the molecule is CCCCc1ccc(-c2ccc3ccn(CC(=O)NCCNCC4CCCCC4)c3c2)cc1. The minimum absolute atomic E-state index is 0.0673. The molecule has 33 heavy (non-hydrogen) atoms. The van der Waals surface area contributed by atoms with Gasteiger partial charge >= 0.3 is 0 Å². The third-order valence-electron chi connectivity index (χ3n) is 6.98. The Kier molecular flexibility index (Phi) is 8.59. The van der Waals surface area contributed by atoms with Crippen molar-refractivity contribution in [2.75, 3.05) is 19.6 Å². The summed E-state index contributed by atoms with van der Waals surface area (Å²) < 4.78 is 2.05. The van der Waals surface area contributed by atoms with Crippen LogP contribution in [0.5, 0.6) is 0 Å². The molecular weight excluding hydrogens is 406 g/mol. The molecule has 1 saturated carbocycles.